The minimum absolute atomic E-state index is 0.899. The van der Waals surface area contributed by atoms with Crippen molar-refractivity contribution < 1.29 is 0 Å². The van der Waals surface area contributed by atoms with Crippen LogP contribution in [-0.4, -0.2) is 48.1 Å². The highest BCUT2D eigenvalue weighted by Gasteiger charge is 2.41. The van der Waals surface area contributed by atoms with Crippen molar-refractivity contribution in [2.75, 3.05) is 26.2 Å². The molecule has 3 rings (SSSR count). The van der Waals surface area contributed by atoms with Gasteiger partial charge in [-0.15, -0.1) is 0 Å². The molecule has 17 heavy (non-hydrogen) atoms. The van der Waals surface area contributed by atoms with Gasteiger partial charge in [0.05, 0.1) is 0 Å². The standard InChI is InChI=1S/C14H23BrN2/c1-11(15)9-16-8-6-14-12(10-16)3-2-7-17(14)13-4-5-13/h12-14H,1-10H2/t12-,14-/m0/s1. The van der Waals surface area contributed by atoms with E-state index in [9.17, 15) is 0 Å². The molecule has 0 aromatic heterocycles. The van der Waals surface area contributed by atoms with Crippen molar-refractivity contribution in [1.29, 1.82) is 0 Å². The molecule has 0 bridgehead atoms. The van der Waals surface area contributed by atoms with Crippen LogP contribution in [0.4, 0.5) is 0 Å². The number of hydrogen-bond donors (Lipinski definition) is 0. The lowest BCUT2D eigenvalue weighted by molar-refractivity contribution is 0.0216. The average molecular weight is 299 g/mol. The minimum atomic E-state index is 0.899. The molecule has 0 unspecified atom stereocenters. The van der Waals surface area contributed by atoms with Gasteiger partial charge < -0.3 is 0 Å². The third-order valence-corrected chi connectivity index (χ3v) is 4.86. The van der Waals surface area contributed by atoms with Gasteiger partial charge in [-0.3, -0.25) is 9.80 Å². The largest absolute Gasteiger partial charge is 0.298 e. The van der Waals surface area contributed by atoms with Gasteiger partial charge in [-0.25, -0.2) is 0 Å². The van der Waals surface area contributed by atoms with Gasteiger partial charge in [0.25, 0.3) is 0 Å². The quantitative estimate of drug-likeness (QED) is 0.790. The van der Waals surface area contributed by atoms with Crippen LogP contribution in [0.15, 0.2) is 11.1 Å². The van der Waals surface area contributed by atoms with Crippen LogP contribution in [0.3, 0.4) is 0 Å². The summed E-state index contributed by atoms with van der Waals surface area (Å²) >= 11 is 3.50. The number of rotatable bonds is 3. The third kappa shape index (κ3) is 2.77. The molecule has 3 fully saturated rings. The van der Waals surface area contributed by atoms with Crippen molar-refractivity contribution in [3.8, 4) is 0 Å². The maximum absolute atomic E-state index is 3.97. The van der Waals surface area contributed by atoms with E-state index < -0.39 is 0 Å². The van der Waals surface area contributed by atoms with Crippen molar-refractivity contribution in [2.24, 2.45) is 5.92 Å². The Hall–Kier alpha value is 0.140. The zero-order valence-corrected chi connectivity index (χ0v) is 12.2. The van der Waals surface area contributed by atoms with Crippen LogP contribution in [0.1, 0.15) is 32.1 Å². The molecule has 3 heteroatoms. The first-order valence-electron chi connectivity index (χ1n) is 7.05. The molecule has 1 aliphatic carbocycles. The SMILES string of the molecule is C=C(Br)CN1CC[C@H]2[C@@H](CCCN2C2CC2)C1. The molecule has 2 nitrogen and oxygen atoms in total. The minimum Gasteiger partial charge on any atom is -0.298 e. The van der Waals surface area contributed by atoms with E-state index in [1.54, 1.807) is 0 Å². The molecule has 2 atom stereocenters. The van der Waals surface area contributed by atoms with Crippen molar-refractivity contribution in [3.63, 3.8) is 0 Å². The van der Waals surface area contributed by atoms with Crippen LogP contribution in [0.25, 0.3) is 0 Å². The van der Waals surface area contributed by atoms with Crippen molar-refractivity contribution >= 4 is 15.9 Å². The Labute approximate surface area is 113 Å². The monoisotopic (exact) mass is 298 g/mol. The molecular weight excluding hydrogens is 276 g/mol. The summed E-state index contributed by atoms with van der Waals surface area (Å²) in [6.45, 7) is 8.93. The molecule has 0 radical (unpaired) electrons. The van der Waals surface area contributed by atoms with Crippen molar-refractivity contribution in [1.82, 2.24) is 9.80 Å². The number of likely N-dealkylation sites (tertiary alicyclic amines) is 2. The summed E-state index contributed by atoms with van der Waals surface area (Å²) in [5.74, 6) is 0.921. The maximum atomic E-state index is 3.97. The van der Waals surface area contributed by atoms with Crippen LogP contribution in [0.2, 0.25) is 0 Å². The van der Waals surface area contributed by atoms with E-state index in [1.807, 2.05) is 0 Å². The van der Waals surface area contributed by atoms with E-state index in [2.05, 4.69) is 32.3 Å². The fourth-order valence-electron chi connectivity index (χ4n) is 3.76. The zero-order chi connectivity index (χ0) is 11.8. The van der Waals surface area contributed by atoms with Crippen LogP contribution in [-0.2, 0) is 0 Å². The lowest BCUT2D eigenvalue weighted by atomic mass is 9.83. The lowest BCUT2D eigenvalue weighted by Crippen LogP contribution is -2.54. The first kappa shape index (κ1) is 12.2. The molecular formula is C14H23BrN2. The molecule has 0 amide bonds. The average Bonchev–Trinajstić information content (AvgIpc) is 3.11. The first-order chi connectivity index (χ1) is 8.24. The van der Waals surface area contributed by atoms with Crippen LogP contribution < -0.4 is 0 Å². The van der Waals surface area contributed by atoms with Crippen LogP contribution in [0.5, 0.6) is 0 Å². The summed E-state index contributed by atoms with van der Waals surface area (Å²) in [6.07, 6.45) is 7.16. The van der Waals surface area contributed by atoms with Crippen LogP contribution >= 0.6 is 15.9 Å². The second kappa shape index (κ2) is 5.02. The molecule has 2 heterocycles. The Kier molecular flexibility index (Phi) is 3.60. The summed E-state index contributed by atoms with van der Waals surface area (Å²) in [5.41, 5.74) is 0. The topological polar surface area (TPSA) is 6.48 Å². The highest BCUT2D eigenvalue weighted by molar-refractivity contribution is 9.11. The van der Waals surface area contributed by atoms with Gasteiger partial charge in [0.1, 0.15) is 0 Å². The highest BCUT2D eigenvalue weighted by Crippen LogP contribution is 2.38. The second-order valence-corrected chi connectivity index (χ2v) is 7.10. The Bertz CT molecular complexity index is 301. The summed E-state index contributed by atoms with van der Waals surface area (Å²) in [7, 11) is 0. The molecule has 3 aliphatic rings. The van der Waals surface area contributed by atoms with Crippen molar-refractivity contribution in [2.45, 2.75) is 44.2 Å². The molecule has 0 aromatic carbocycles. The summed E-state index contributed by atoms with van der Waals surface area (Å²) in [6, 6.07) is 1.86. The molecule has 0 aromatic rings. The van der Waals surface area contributed by atoms with E-state index in [4.69, 9.17) is 0 Å². The zero-order valence-electron chi connectivity index (χ0n) is 10.6. The Morgan fingerprint density at radius 2 is 2.00 bits per heavy atom. The van der Waals surface area contributed by atoms with Gasteiger partial charge in [0, 0.05) is 36.2 Å². The number of fused-ring (bicyclic) bond motifs is 1. The predicted molar refractivity (Wildman–Crippen MR) is 75.4 cm³/mol. The van der Waals surface area contributed by atoms with E-state index in [1.165, 1.54) is 51.7 Å². The van der Waals surface area contributed by atoms with Gasteiger partial charge in [0.2, 0.25) is 0 Å². The Morgan fingerprint density at radius 1 is 1.18 bits per heavy atom. The maximum Gasteiger partial charge on any atom is 0.0294 e. The van der Waals surface area contributed by atoms with Gasteiger partial charge in [0.15, 0.2) is 0 Å². The second-order valence-electron chi connectivity index (χ2n) is 5.98. The highest BCUT2D eigenvalue weighted by atomic mass is 79.9. The number of hydrogen-bond acceptors (Lipinski definition) is 2. The molecule has 2 saturated heterocycles. The van der Waals surface area contributed by atoms with Gasteiger partial charge in [-0.05, 0) is 44.6 Å². The number of piperidine rings is 2. The van der Waals surface area contributed by atoms with Gasteiger partial charge in [-0.1, -0.05) is 22.5 Å². The Balaban J connectivity index is 1.61. The predicted octanol–water partition coefficient (Wildman–Crippen LogP) is 2.84. The summed E-state index contributed by atoms with van der Waals surface area (Å²) in [4.78, 5) is 5.42. The van der Waals surface area contributed by atoms with Gasteiger partial charge >= 0.3 is 0 Å². The lowest BCUT2D eigenvalue weighted by Gasteiger charge is -2.47. The smallest absolute Gasteiger partial charge is 0.0294 e. The molecule has 1 saturated carbocycles. The number of nitrogens with zero attached hydrogens (tertiary/aromatic N) is 2. The van der Waals surface area contributed by atoms with E-state index in [-0.39, 0.29) is 0 Å². The third-order valence-electron chi connectivity index (χ3n) is 4.61. The number of halogens is 1. The molecule has 0 spiro atoms. The normalized spacial score (nSPS) is 35.6. The molecule has 0 N–H and O–H groups in total. The van der Waals surface area contributed by atoms with Gasteiger partial charge in [-0.2, -0.15) is 0 Å². The molecule has 96 valence electrons. The fourth-order valence-corrected chi connectivity index (χ4v) is 4.12. The molecule has 2 aliphatic heterocycles. The Morgan fingerprint density at radius 3 is 2.71 bits per heavy atom. The summed E-state index contributed by atoms with van der Waals surface area (Å²) in [5, 5.41) is 0. The fraction of sp³-hybridized carbons (Fsp3) is 0.857. The van der Waals surface area contributed by atoms with E-state index in [0.29, 0.717) is 0 Å². The summed E-state index contributed by atoms with van der Waals surface area (Å²) < 4.78 is 1.13. The van der Waals surface area contributed by atoms with E-state index >= 15 is 0 Å². The van der Waals surface area contributed by atoms with Crippen LogP contribution in [0, 0.1) is 5.92 Å². The van der Waals surface area contributed by atoms with Crippen molar-refractivity contribution in [3.05, 3.63) is 11.1 Å². The first-order valence-corrected chi connectivity index (χ1v) is 7.84. The van der Waals surface area contributed by atoms with E-state index in [0.717, 1.165) is 29.0 Å².